The lowest BCUT2D eigenvalue weighted by Crippen LogP contribution is -2.41. The lowest BCUT2D eigenvalue weighted by molar-refractivity contribution is 0.0121. The van der Waals surface area contributed by atoms with Gasteiger partial charge in [-0.3, -0.25) is 0 Å². The summed E-state index contributed by atoms with van der Waals surface area (Å²) >= 11 is 0. The summed E-state index contributed by atoms with van der Waals surface area (Å²) in [6, 6.07) is 24.5. The molecule has 32 heavy (non-hydrogen) atoms. The average Bonchev–Trinajstić information content (AvgIpc) is 2.82. The zero-order valence-electron chi connectivity index (χ0n) is 18.3. The van der Waals surface area contributed by atoms with Crippen molar-refractivity contribution in [1.29, 1.82) is 0 Å². The molecule has 1 fully saturated rings. The molecule has 3 N–H and O–H groups in total. The second-order valence-corrected chi connectivity index (χ2v) is 8.21. The van der Waals surface area contributed by atoms with Crippen molar-refractivity contribution in [2.24, 2.45) is 5.73 Å². The summed E-state index contributed by atoms with van der Waals surface area (Å²) in [5, 5.41) is 10.4. The van der Waals surface area contributed by atoms with Gasteiger partial charge in [0, 0.05) is 5.56 Å². The van der Waals surface area contributed by atoms with Gasteiger partial charge in [-0.2, -0.15) is 0 Å². The van der Waals surface area contributed by atoms with Crippen LogP contribution in [0, 0.1) is 0 Å². The molecule has 1 aliphatic carbocycles. The maximum Gasteiger partial charge on any atom is 0.165 e. The molecule has 1 saturated heterocycles. The van der Waals surface area contributed by atoms with E-state index in [-0.39, 0.29) is 0 Å². The Bertz CT molecular complexity index is 974. The molecule has 3 aromatic rings. The van der Waals surface area contributed by atoms with Crippen LogP contribution in [0.3, 0.4) is 0 Å². The van der Waals surface area contributed by atoms with Crippen LogP contribution < -0.4 is 15.2 Å². The van der Waals surface area contributed by atoms with Crippen molar-refractivity contribution in [3.63, 3.8) is 0 Å². The largest absolute Gasteiger partial charge is 0.485 e. The number of rotatable bonds is 6. The zero-order chi connectivity index (χ0) is 22.2. The van der Waals surface area contributed by atoms with E-state index in [2.05, 4.69) is 12.1 Å². The van der Waals surface area contributed by atoms with E-state index in [1.807, 2.05) is 60.7 Å². The predicted molar refractivity (Wildman–Crippen MR) is 125 cm³/mol. The van der Waals surface area contributed by atoms with Crippen LogP contribution in [0.5, 0.6) is 11.5 Å². The predicted octanol–water partition coefficient (Wildman–Crippen LogP) is 4.56. The maximum atomic E-state index is 10.4. The zero-order valence-corrected chi connectivity index (χ0v) is 18.3. The molecule has 1 heterocycles. The Kier molecular flexibility index (Phi) is 7.77. The summed E-state index contributed by atoms with van der Waals surface area (Å²) in [5.74, 6) is 1.51. The highest BCUT2D eigenvalue weighted by molar-refractivity contribution is 5.52. The molecule has 5 rings (SSSR count). The standard InChI is InChI=1S/C24H24O3.C3H7NO/c25-22-13-7-12-21-20(22)14-15-23(26-16-18-8-3-1-4-9-18)24(21)27-17-19-10-5-2-6-11-19;4-3-1-5-2-3/h1-6,8-11,14-15,22,25H,7,12-13,16-17H2;3H,1-2,4H2. The van der Waals surface area contributed by atoms with Crippen LogP contribution in [0.15, 0.2) is 72.8 Å². The molecule has 0 spiro atoms. The highest BCUT2D eigenvalue weighted by atomic mass is 16.5. The molecule has 0 aromatic heterocycles. The number of hydrogen-bond donors (Lipinski definition) is 2. The van der Waals surface area contributed by atoms with Gasteiger partial charge in [0.2, 0.25) is 0 Å². The Morgan fingerprint density at radius 3 is 2.00 bits per heavy atom. The number of ether oxygens (including phenoxy) is 3. The fourth-order valence-corrected chi connectivity index (χ4v) is 3.81. The molecule has 1 atom stereocenters. The third-order valence-corrected chi connectivity index (χ3v) is 5.65. The van der Waals surface area contributed by atoms with Crippen molar-refractivity contribution in [3.8, 4) is 11.5 Å². The molecular weight excluding hydrogens is 402 g/mol. The second kappa shape index (κ2) is 11.1. The number of hydrogen-bond acceptors (Lipinski definition) is 5. The minimum atomic E-state index is -0.420. The third kappa shape index (κ3) is 5.88. The van der Waals surface area contributed by atoms with Gasteiger partial charge in [0.25, 0.3) is 0 Å². The number of fused-ring (bicyclic) bond motifs is 1. The number of aliphatic hydroxyl groups is 1. The molecule has 0 amide bonds. The van der Waals surface area contributed by atoms with E-state index in [1.54, 1.807) is 0 Å². The molecule has 3 aromatic carbocycles. The fraction of sp³-hybridized carbons (Fsp3) is 0.333. The summed E-state index contributed by atoms with van der Waals surface area (Å²) in [5.41, 5.74) is 9.53. The first-order valence-corrected chi connectivity index (χ1v) is 11.2. The van der Waals surface area contributed by atoms with Crippen molar-refractivity contribution in [2.75, 3.05) is 13.2 Å². The van der Waals surface area contributed by atoms with E-state index in [4.69, 9.17) is 19.9 Å². The fourth-order valence-electron chi connectivity index (χ4n) is 3.81. The van der Waals surface area contributed by atoms with E-state index < -0.39 is 6.10 Å². The summed E-state index contributed by atoms with van der Waals surface area (Å²) in [6.07, 6.45) is 2.24. The van der Waals surface area contributed by atoms with Crippen LogP contribution in [-0.2, 0) is 24.4 Å². The van der Waals surface area contributed by atoms with Crippen molar-refractivity contribution >= 4 is 0 Å². The molecule has 0 radical (unpaired) electrons. The average molecular weight is 434 g/mol. The van der Waals surface area contributed by atoms with Gasteiger partial charge >= 0.3 is 0 Å². The van der Waals surface area contributed by atoms with E-state index in [1.165, 1.54) is 0 Å². The Hall–Kier alpha value is -2.86. The minimum absolute atomic E-state index is 0.343. The summed E-state index contributed by atoms with van der Waals surface area (Å²) in [6.45, 7) is 2.50. The van der Waals surface area contributed by atoms with Gasteiger partial charge in [-0.05, 0) is 42.0 Å². The SMILES string of the molecule is NC1COC1.OC1CCCc2c1ccc(OCc1ccccc1)c2OCc1ccccc1. The third-order valence-electron chi connectivity index (χ3n) is 5.65. The molecule has 0 bridgehead atoms. The van der Waals surface area contributed by atoms with Crippen LogP contribution >= 0.6 is 0 Å². The molecule has 2 aliphatic rings. The van der Waals surface area contributed by atoms with Crippen molar-refractivity contribution in [1.82, 2.24) is 0 Å². The summed E-state index contributed by atoms with van der Waals surface area (Å²) in [7, 11) is 0. The van der Waals surface area contributed by atoms with E-state index >= 15 is 0 Å². The topological polar surface area (TPSA) is 73.9 Å². The molecule has 1 aliphatic heterocycles. The van der Waals surface area contributed by atoms with Gasteiger partial charge in [-0.25, -0.2) is 0 Å². The molecule has 0 saturated carbocycles. The first kappa shape index (κ1) is 22.3. The summed E-state index contributed by atoms with van der Waals surface area (Å²) < 4.78 is 17.0. The molecule has 1 unspecified atom stereocenters. The smallest absolute Gasteiger partial charge is 0.165 e. The van der Waals surface area contributed by atoms with Gasteiger partial charge in [-0.15, -0.1) is 0 Å². The number of benzene rings is 3. The molecule has 5 nitrogen and oxygen atoms in total. The molecular formula is C27H31NO4. The van der Waals surface area contributed by atoms with Crippen molar-refractivity contribution in [2.45, 2.75) is 44.6 Å². The van der Waals surface area contributed by atoms with E-state index in [0.717, 1.165) is 66.2 Å². The minimum Gasteiger partial charge on any atom is -0.485 e. The quantitative estimate of drug-likeness (QED) is 0.596. The summed E-state index contributed by atoms with van der Waals surface area (Å²) in [4.78, 5) is 0. The van der Waals surface area contributed by atoms with Crippen LogP contribution in [0.2, 0.25) is 0 Å². The monoisotopic (exact) mass is 433 g/mol. The van der Waals surface area contributed by atoms with Crippen LogP contribution in [-0.4, -0.2) is 24.4 Å². The van der Waals surface area contributed by atoms with Gasteiger partial charge in [0.1, 0.15) is 13.2 Å². The van der Waals surface area contributed by atoms with Crippen LogP contribution in [0.1, 0.15) is 41.2 Å². The first-order chi connectivity index (χ1) is 15.7. The normalized spacial score (nSPS) is 17.4. The van der Waals surface area contributed by atoms with E-state index in [0.29, 0.717) is 19.3 Å². The Balaban J connectivity index is 0.000000433. The molecule has 5 heteroatoms. The lowest BCUT2D eigenvalue weighted by Gasteiger charge is -2.25. The number of nitrogens with two attached hydrogens (primary N) is 1. The Morgan fingerprint density at radius 1 is 0.844 bits per heavy atom. The first-order valence-electron chi connectivity index (χ1n) is 11.2. The van der Waals surface area contributed by atoms with Crippen LogP contribution in [0.25, 0.3) is 0 Å². The van der Waals surface area contributed by atoms with Crippen molar-refractivity contribution < 1.29 is 19.3 Å². The van der Waals surface area contributed by atoms with Crippen LogP contribution in [0.4, 0.5) is 0 Å². The van der Waals surface area contributed by atoms with Gasteiger partial charge in [0.15, 0.2) is 11.5 Å². The van der Waals surface area contributed by atoms with Gasteiger partial charge in [0.05, 0.1) is 25.4 Å². The van der Waals surface area contributed by atoms with Crippen molar-refractivity contribution in [3.05, 3.63) is 95.1 Å². The Morgan fingerprint density at radius 2 is 1.44 bits per heavy atom. The highest BCUT2D eigenvalue weighted by Crippen LogP contribution is 2.41. The molecule has 168 valence electrons. The van der Waals surface area contributed by atoms with Gasteiger partial charge in [-0.1, -0.05) is 66.7 Å². The maximum absolute atomic E-state index is 10.4. The van der Waals surface area contributed by atoms with Gasteiger partial charge < -0.3 is 25.1 Å². The Labute approximate surface area is 189 Å². The van der Waals surface area contributed by atoms with E-state index in [9.17, 15) is 5.11 Å². The second-order valence-electron chi connectivity index (χ2n) is 8.21. The lowest BCUT2D eigenvalue weighted by atomic mass is 9.88. The number of aliphatic hydroxyl groups excluding tert-OH is 1. The highest BCUT2D eigenvalue weighted by Gasteiger charge is 2.24.